The number of carbonyl (C=O) groups excluding carboxylic acids is 1. The van der Waals surface area contributed by atoms with Gasteiger partial charge in [0, 0.05) is 38.3 Å². The molecule has 0 bridgehead atoms. The Balaban J connectivity index is 1.79. The third-order valence-corrected chi connectivity index (χ3v) is 8.48. The van der Waals surface area contributed by atoms with Crippen molar-refractivity contribution in [3.05, 3.63) is 67.6 Å². The Bertz CT molecular complexity index is 1360. The van der Waals surface area contributed by atoms with Gasteiger partial charge in [-0.25, -0.2) is 4.39 Å². The number of aromatic nitrogens is 1. The summed E-state index contributed by atoms with van der Waals surface area (Å²) in [6, 6.07) is 8.11. The number of hydrogen-bond donors (Lipinski definition) is 0. The number of nitrogens with zero attached hydrogens (tertiary/aromatic N) is 5. The first-order valence-electron chi connectivity index (χ1n) is 12.9. The van der Waals surface area contributed by atoms with Crippen LogP contribution in [0.5, 0.6) is 0 Å². The zero-order valence-electron chi connectivity index (χ0n) is 22.0. The number of amides is 1. The second kappa shape index (κ2) is 12.2. The molecule has 2 aromatic rings. The van der Waals surface area contributed by atoms with Crippen LogP contribution < -0.4 is 10.5 Å². The van der Waals surface area contributed by atoms with Gasteiger partial charge in [-0.1, -0.05) is 56.4 Å². The topological polar surface area (TPSA) is 72.6 Å². The van der Waals surface area contributed by atoms with Gasteiger partial charge in [-0.3, -0.25) is 19.1 Å². The predicted octanol–water partition coefficient (Wildman–Crippen LogP) is 4.51. The molecular weight excluding hydrogens is 521 g/mol. The molecule has 3 heterocycles. The summed E-state index contributed by atoms with van der Waals surface area (Å²) in [5.41, 5.74) is 1.87. The van der Waals surface area contributed by atoms with E-state index in [1.807, 2.05) is 0 Å². The Morgan fingerprint density at radius 3 is 2.42 bits per heavy atom. The molecule has 2 aliphatic rings. The molecule has 7 nitrogen and oxygen atoms in total. The number of benzene rings is 1. The molecule has 10 heteroatoms. The second-order valence-corrected chi connectivity index (χ2v) is 11.2. The highest BCUT2D eigenvalue weighted by molar-refractivity contribution is 8.26. The summed E-state index contributed by atoms with van der Waals surface area (Å²) in [7, 11) is 0. The van der Waals surface area contributed by atoms with Crippen LogP contribution in [-0.2, 0) is 17.9 Å². The number of thioether (sulfide) groups is 1. The third kappa shape index (κ3) is 5.70. The number of carbonyl (C=O) groups is 1. The molecule has 0 aliphatic carbocycles. The van der Waals surface area contributed by atoms with Gasteiger partial charge < -0.3 is 9.80 Å². The van der Waals surface area contributed by atoms with E-state index in [0.29, 0.717) is 26.9 Å². The SMILES string of the molecule is CCCCn1c(N2CCN(CC)CC2)c(/C=C2\SC(=S)N(Cc3ccc(F)cc3)C2=O)c(C)c(C#N)c1=O. The van der Waals surface area contributed by atoms with Gasteiger partial charge in [0.25, 0.3) is 11.5 Å². The molecule has 1 aromatic carbocycles. The van der Waals surface area contributed by atoms with E-state index in [1.165, 1.54) is 28.8 Å². The van der Waals surface area contributed by atoms with E-state index in [1.54, 1.807) is 29.7 Å². The van der Waals surface area contributed by atoms with Crippen LogP contribution >= 0.6 is 24.0 Å². The van der Waals surface area contributed by atoms with Crippen LogP contribution in [0.3, 0.4) is 0 Å². The highest BCUT2D eigenvalue weighted by Gasteiger charge is 2.33. The van der Waals surface area contributed by atoms with Crippen molar-refractivity contribution in [2.24, 2.45) is 0 Å². The van der Waals surface area contributed by atoms with E-state index in [4.69, 9.17) is 12.2 Å². The summed E-state index contributed by atoms with van der Waals surface area (Å²) in [5.74, 6) is 0.183. The summed E-state index contributed by atoms with van der Waals surface area (Å²) in [6.45, 7) is 10.9. The van der Waals surface area contributed by atoms with Crippen molar-refractivity contribution < 1.29 is 9.18 Å². The fourth-order valence-corrected chi connectivity index (χ4v) is 6.06. The fraction of sp³-hybridized carbons (Fsp3) is 0.429. The minimum Gasteiger partial charge on any atom is -0.355 e. The van der Waals surface area contributed by atoms with Crippen LogP contribution in [0.4, 0.5) is 10.2 Å². The monoisotopic (exact) mass is 553 g/mol. The maximum absolute atomic E-state index is 13.5. The largest absolute Gasteiger partial charge is 0.355 e. The van der Waals surface area contributed by atoms with Crippen molar-refractivity contribution in [2.45, 2.75) is 46.7 Å². The number of pyridine rings is 1. The van der Waals surface area contributed by atoms with Gasteiger partial charge in [-0.15, -0.1) is 0 Å². The number of likely N-dealkylation sites (N-methyl/N-ethyl adjacent to an activating group) is 1. The summed E-state index contributed by atoms with van der Waals surface area (Å²) in [5, 5.41) is 9.89. The summed E-state index contributed by atoms with van der Waals surface area (Å²) < 4.78 is 15.5. The quantitative estimate of drug-likeness (QED) is 0.352. The lowest BCUT2D eigenvalue weighted by Crippen LogP contribution is -2.48. The Labute approximate surface area is 232 Å². The number of rotatable bonds is 8. The molecule has 1 aromatic heterocycles. The lowest BCUT2D eigenvalue weighted by atomic mass is 10.0. The Morgan fingerprint density at radius 2 is 1.82 bits per heavy atom. The Morgan fingerprint density at radius 1 is 1.13 bits per heavy atom. The zero-order valence-corrected chi connectivity index (χ0v) is 23.6. The molecule has 2 aliphatic heterocycles. The molecule has 0 unspecified atom stereocenters. The van der Waals surface area contributed by atoms with Crippen molar-refractivity contribution in [1.29, 1.82) is 5.26 Å². The lowest BCUT2D eigenvalue weighted by Gasteiger charge is -2.37. The first kappa shape index (κ1) is 28.0. The van der Waals surface area contributed by atoms with Crippen LogP contribution in [-0.4, -0.2) is 57.3 Å². The molecule has 2 saturated heterocycles. The molecule has 0 N–H and O–H groups in total. The number of anilines is 1. The van der Waals surface area contributed by atoms with E-state index >= 15 is 0 Å². The highest BCUT2D eigenvalue weighted by Crippen LogP contribution is 2.37. The fourth-order valence-electron chi connectivity index (χ4n) is 4.82. The smallest absolute Gasteiger partial charge is 0.270 e. The van der Waals surface area contributed by atoms with Gasteiger partial charge in [0.2, 0.25) is 0 Å². The number of unbranched alkanes of at least 4 members (excludes halogenated alkanes) is 1. The maximum atomic E-state index is 13.5. The highest BCUT2D eigenvalue weighted by atomic mass is 32.2. The minimum atomic E-state index is -0.340. The second-order valence-electron chi connectivity index (χ2n) is 9.48. The first-order chi connectivity index (χ1) is 18.3. The van der Waals surface area contributed by atoms with Crippen LogP contribution in [0.15, 0.2) is 34.0 Å². The normalized spacial score (nSPS) is 17.5. The summed E-state index contributed by atoms with van der Waals surface area (Å²) >= 11 is 6.74. The van der Waals surface area contributed by atoms with E-state index in [2.05, 4.69) is 29.7 Å². The van der Waals surface area contributed by atoms with E-state index in [-0.39, 0.29) is 29.4 Å². The van der Waals surface area contributed by atoms with E-state index < -0.39 is 0 Å². The lowest BCUT2D eigenvalue weighted by molar-refractivity contribution is -0.122. The van der Waals surface area contributed by atoms with Gasteiger partial charge in [-0.05, 0) is 49.2 Å². The molecule has 0 saturated carbocycles. The van der Waals surface area contributed by atoms with Crippen molar-refractivity contribution in [2.75, 3.05) is 37.6 Å². The van der Waals surface area contributed by atoms with E-state index in [0.717, 1.165) is 56.9 Å². The zero-order chi connectivity index (χ0) is 27.4. The van der Waals surface area contributed by atoms with Crippen LogP contribution in [0.1, 0.15) is 48.9 Å². The number of thiocarbonyl (C=S) groups is 1. The summed E-state index contributed by atoms with van der Waals surface area (Å²) in [6.07, 6.45) is 3.50. The molecular formula is C28H32FN5O2S2. The van der Waals surface area contributed by atoms with Gasteiger partial charge in [-0.2, -0.15) is 5.26 Å². The van der Waals surface area contributed by atoms with E-state index in [9.17, 15) is 19.2 Å². The third-order valence-electron chi connectivity index (χ3n) is 7.10. The van der Waals surface area contributed by atoms with Crippen molar-refractivity contribution in [1.82, 2.24) is 14.4 Å². The minimum absolute atomic E-state index is 0.102. The van der Waals surface area contributed by atoms with Gasteiger partial charge >= 0.3 is 0 Å². The average molecular weight is 554 g/mol. The van der Waals surface area contributed by atoms with Gasteiger partial charge in [0.05, 0.1) is 11.4 Å². The first-order valence-corrected chi connectivity index (χ1v) is 14.2. The number of piperazine rings is 1. The number of hydrogen-bond acceptors (Lipinski definition) is 7. The van der Waals surface area contributed by atoms with Gasteiger partial charge in [0.15, 0.2) is 0 Å². The number of halogens is 1. The molecule has 0 radical (unpaired) electrons. The molecule has 0 atom stereocenters. The van der Waals surface area contributed by atoms with Crippen molar-refractivity contribution in [3.63, 3.8) is 0 Å². The Kier molecular flexibility index (Phi) is 9.03. The van der Waals surface area contributed by atoms with Crippen LogP contribution in [0.25, 0.3) is 6.08 Å². The molecule has 38 heavy (non-hydrogen) atoms. The summed E-state index contributed by atoms with van der Waals surface area (Å²) in [4.78, 5) is 33.4. The maximum Gasteiger partial charge on any atom is 0.270 e. The van der Waals surface area contributed by atoms with Crippen molar-refractivity contribution in [3.8, 4) is 6.07 Å². The van der Waals surface area contributed by atoms with Crippen molar-refractivity contribution >= 4 is 46.1 Å². The molecule has 2 fully saturated rings. The predicted molar refractivity (Wildman–Crippen MR) is 155 cm³/mol. The van der Waals surface area contributed by atoms with Gasteiger partial charge in [0.1, 0.15) is 27.6 Å². The standard InChI is InChI=1S/C28H32FN5O2S2/c1-4-6-11-33-25(32-14-12-31(5-2)13-15-32)22(19(3)23(17-30)26(33)35)16-24-27(36)34(28(37)38-24)18-20-7-9-21(29)10-8-20/h7-10,16H,4-6,11-15,18H2,1-3H3/b24-16-. The average Bonchev–Trinajstić information content (AvgIpc) is 3.18. The number of nitriles is 1. The Hall–Kier alpha value is -3.00. The molecule has 1 amide bonds. The van der Waals surface area contributed by atoms with Crippen LogP contribution in [0.2, 0.25) is 0 Å². The van der Waals surface area contributed by atoms with Crippen LogP contribution in [0, 0.1) is 24.1 Å². The molecule has 0 spiro atoms. The molecule has 4 rings (SSSR count). The molecule has 200 valence electrons.